The van der Waals surface area contributed by atoms with Crippen LogP contribution >= 0.6 is 15.9 Å². The Hall–Kier alpha value is -0.380. The summed E-state index contributed by atoms with van der Waals surface area (Å²) < 4.78 is 0. The van der Waals surface area contributed by atoms with Crippen LogP contribution in [0.3, 0.4) is 0 Å². The second-order valence-corrected chi connectivity index (χ2v) is 3.08. The molecule has 0 aromatic heterocycles. The fraction of sp³-hybridized carbons (Fsp3) is 0.250. The third-order valence-electron chi connectivity index (χ3n) is 1.36. The summed E-state index contributed by atoms with van der Waals surface area (Å²) in [6.07, 6.45) is 0. The molecule has 3 heteroatoms. The normalized spacial score (nSPS) is 12.9. The topological polar surface area (TPSA) is 24.1 Å². The predicted octanol–water partition coefficient (Wildman–Crippen LogP) is 1.80. The first-order chi connectivity index (χ1) is 5.34. The van der Waals surface area contributed by atoms with E-state index < -0.39 is 0 Å². The van der Waals surface area contributed by atoms with Crippen molar-refractivity contribution in [2.45, 2.75) is 4.95 Å². The molecule has 0 aliphatic heterocycles. The molecule has 0 fully saturated rings. The van der Waals surface area contributed by atoms with E-state index in [1.54, 1.807) is 0 Å². The standard InChI is InChI=1S/C8H11BrN2/c1-10-11-8(9)7-5-3-2-4-6-7/h2-6,8,10-11H,1H3. The summed E-state index contributed by atoms with van der Waals surface area (Å²) in [7, 11) is 1.84. The van der Waals surface area contributed by atoms with Crippen molar-refractivity contribution in [2.24, 2.45) is 0 Å². The second-order valence-electron chi connectivity index (χ2n) is 2.17. The van der Waals surface area contributed by atoms with Crippen molar-refractivity contribution in [3.05, 3.63) is 35.9 Å². The lowest BCUT2D eigenvalue weighted by atomic mass is 10.2. The van der Waals surface area contributed by atoms with Gasteiger partial charge in [-0.25, -0.2) is 5.43 Å². The maximum atomic E-state index is 3.47. The molecule has 1 unspecified atom stereocenters. The van der Waals surface area contributed by atoms with Crippen molar-refractivity contribution in [3.63, 3.8) is 0 Å². The molecule has 2 nitrogen and oxygen atoms in total. The van der Waals surface area contributed by atoms with Gasteiger partial charge in [0.15, 0.2) is 0 Å². The summed E-state index contributed by atoms with van der Waals surface area (Å²) in [6.45, 7) is 0. The van der Waals surface area contributed by atoms with E-state index in [1.807, 2.05) is 25.2 Å². The average Bonchev–Trinajstić information content (AvgIpc) is 2.07. The highest BCUT2D eigenvalue weighted by atomic mass is 79.9. The van der Waals surface area contributed by atoms with Gasteiger partial charge in [0.1, 0.15) is 4.95 Å². The van der Waals surface area contributed by atoms with E-state index in [1.165, 1.54) is 5.56 Å². The maximum Gasteiger partial charge on any atom is 0.101 e. The van der Waals surface area contributed by atoms with Gasteiger partial charge in [-0.3, -0.25) is 5.43 Å². The van der Waals surface area contributed by atoms with Crippen molar-refractivity contribution >= 4 is 15.9 Å². The van der Waals surface area contributed by atoms with Crippen LogP contribution in [0.5, 0.6) is 0 Å². The molecule has 0 amide bonds. The molecule has 1 rings (SSSR count). The molecule has 0 radical (unpaired) electrons. The highest BCUT2D eigenvalue weighted by molar-refractivity contribution is 9.09. The molecule has 2 N–H and O–H groups in total. The van der Waals surface area contributed by atoms with Gasteiger partial charge < -0.3 is 0 Å². The molecule has 1 aromatic rings. The van der Waals surface area contributed by atoms with Crippen LogP contribution in [0.15, 0.2) is 30.3 Å². The molecule has 0 saturated heterocycles. The van der Waals surface area contributed by atoms with E-state index in [-0.39, 0.29) is 4.95 Å². The molecular weight excluding hydrogens is 204 g/mol. The Morgan fingerprint density at radius 1 is 1.27 bits per heavy atom. The minimum absolute atomic E-state index is 0.175. The number of rotatable bonds is 3. The molecule has 11 heavy (non-hydrogen) atoms. The van der Waals surface area contributed by atoms with Gasteiger partial charge >= 0.3 is 0 Å². The summed E-state index contributed by atoms with van der Waals surface area (Å²) in [5.74, 6) is 0. The molecule has 0 aliphatic carbocycles. The Kier molecular flexibility index (Phi) is 3.56. The molecule has 0 spiro atoms. The van der Waals surface area contributed by atoms with Crippen LogP contribution in [0.2, 0.25) is 0 Å². The van der Waals surface area contributed by atoms with E-state index in [9.17, 15) is 0 Å². The lowest BCUT2D eigenvalue weighted by Crippen LogP contribution is -2.28. The lowest BCUT2D eigenvalue weighted by Gasteiger charge is -2.10. The first-order valence-corrected chi connectivity index (χ1v) is 4.37. The van der Waals surface area contributed by atoms with Gasteiger partial charge in [0.05, 0.1) is 0 Å². The number of benzene rings is 1. The van der Waals surface area contributed by atoms with Gasteiger partial charge in [-0.05, 0) is 12.6 Å². The lowest BCUT2D eigenvalue weighted by molar-refractivity contribution is 0.591. The molecule has 0 heterocycles. The minimum atomic E-state index is 0.175. The predicted molar refractivity (Wildman–Crippen MR) is 50.3 cm³/mol. The molecular formula is C8H11BrN2. The molecule has 0 bridgehead atoms. The second kappa shape index (κ2) is 4.49. The van der Waals surface area contributed by atoms with Crippen molar-refractivity contribution in [2.75, 3.05) is 7.05 Å². The van der Waals surface area contributed by atoms with E-state index in [0.29, 0.717) is 0 Å². The first kappa shape index (κ1) is 8.71. The van der Waals surface area contributed by atoms with Crippen LogP contribution < -0.4 is 10.9 Å². The van der Waals surface area contributed by atoms with Crippen molar-refractivity contribution < 1.29 is 0 Å². The number of hydrogen-bond acceptors (Lipinski definition) is 2. The molecule has 60 valence electrons. The van der Waals surface area contributed by atoms with Crippen molar-refractivity contribution in [3.8, 4) is 0 Å². The highest BCUT2D eigenvalue weighted by Gasteiger charge is 2.02. The van der Waals surface area contributed by atoms with Crippen LogP contribution in [-0.2, 0) is 0 Å². The van der Waals surface area contributed by atoms with Crippen LogP contribution in [0, 0.1) is 0 Å². The van der Waals surface area contributed by atoms with Gasteiger partial charge in [-0.15, -0.1) is 0 Å². The number of nitrogens with one attached hydrogen (secondary N) is 2. The summed E-state index contributed by atoms with van der Waals surface area (Å²) >= 11 is 3.47. The molecule has 0 aliphatic rings. The zero-order valence-electron chi connectivity index (χ0n) is 6.34. The van der Waals surface area contributed by atoms with E-state index in [2.05, 4.69) is 38.9 Å². The van der Waals surface area contributed by atoms with E-state index in [4.69, 9.17) is 0 Å². The van der Waals surface area contributed by atoms with Gasteiger partial charge in [0.2, 0.25) is 0 Å². The molecule has 1 aromatic carbocycles. The number of hydrogen-bond donors (Lipinski definition) is 2. The fourth-order valence-corrected chi connectivity index (χ4v) is 1.37. The summed E-state index contributed by atoms with van der Waals surface area (Å²) in [4.78, 5) is 0.175. The van der Waals surface area contributed by atoms with Gasteiger partial charge in [0, 0.05) is 0 Å². The highest BCUT2D eigenvalue weighted by Crippen LogP contribution is 2.17. The van der Waals surface area contributed by atoms with Gasteiger partial charge in [-0.2, -0.15) is 0 Å². The summed E-state index contributed by atoms with van der Waals surface area (Å²) in [6, 6.07) is 10.2. The Labute approximate surface area is 75.1 Å². The van der Waals surface area contributed by atoms with E-state index >= 15 is 0 Å². The van der Waals surface area contributed by atoms with Crippen LogP contribution in [0.25, 0.3) is 0 Å². The zero-order valence-corrected chi connectivity index (χ0v) is 7.93. The summed E-state index contributed by atoms with van der Waals surface area (Å²) in [5, 5.41) is 0. The molecule has 1 atom stereocenters. The van der Waals surface area contributed by atoms with Crippen molar-refractivity contribution in [1.29, 1.82) is 0 Å². The number of halogens is 1. The van der Waals surface area contributed by atoms with Crippen LogP contribution in [0.4, 0.5) is 0 Å². The average molecular weight is 215 g/mol. The summed E-state index contributed by atoms with van der Waals surface area (Å²) in [5.41, 5.74) is 7.11. The van der Waals surface area contributed by atoms with Gasteiger partial charge in [0.25, 0.3) is 0 Å². The van der Waals surface area contributed by atoms with Crippen LogP contribution in [0.1, 0.15) is 10.5 Å². The number of hydrazine groups is 1. The number of alkyl halides is 1. The quantitative estimate of drug-likeness (QED) is 0.456. The zero-order chi connectivity index (χ0) is 8.10. The molecule has 0 saturated carbocycles. The van der Waals surface area contributed by atoms with Gasteiger partial charge in [-0.1, -0.05) is 46.3 Å². The largest absolute Gasteiger partial charge is 0.260 e. The Morgan fingerprint density at radius 3 is 2.45 bits per heavy atom. The third-order valence-corrected chi connectivity index (χ3v) is 2.12. The Balaban J connectivity index is 2.61. The minimum Gasteiger partial charge on any atom is -0.260 e. The van der Waals surface area contributed by atoms with E-state index in [0.717, 1.165) is 0 Å². The van der Waals surface area contributed by atoms with Crippen LogP contribution in [-0.4, -0.2) is 7.05 Å². The SMILES string of the molecule is CNNC(Br)c1ccccc1. The third kappa shape index (κ3) is 2.61. The Bertz CT molecular complexity index is 201. The Morgan fingerprint density at radius 2 is 1.91 bits per heavy atom. The maximum absolute atomic E-state index is 3.47. The first-order valence-electron chi connectivity index (χ1n) is 3.46. The monoisotopic (exact) mass is 214 g/mol. The fourth-order valence-electron chi connectivity index (χ4n) is 0.832. The van der Waals surface area contributed by atoms with Crippen molar-refractivity contribution in [1.82, 2.24) is 10.9 Å². The smallest absolute Gasteiger partial charge is 0.101 e.